The number of carbonyl (C=O) groups is 1. The van der Waals surface area contributed by atoms with Crippen LogP contribution >= 0.6 is 0 Å². The molecule has 0 spiro atoms. The van der Waals surface area contributed by atoms with Crippen LogP contribution in [-0.2, 0) is 16.2 Å². The molecule has 0 aliphatic heterocycles. The lowest BCUT2D eigenvalue weighted by molar-refractivity contribution is -0.154. The minimum Gasteiger partial charge on any atom is -0.465 e. The van der Waals surface area contributed by atoms with Gasteiger partial charge in [0.25, 0.3) is 0 Å². The Balaban J connectivity index is 1.94. The number of hydrogen-bond acceptors (Lipinski definition) is 4. The van der Waals surface area contributed by atoms with E-state index >= 15 is 0 Å². The summed E-state index contributed by atoms with van der Waals surface area (Å²) in [6.45, 7) is 1.95. The third-order valence-electron chi connectivity index (χ3n) is 2.91. The number of furan rings is 1. The van der Waals surface area contributed by atoms with Crippen LogP contribution < -0.4 is 5.32 Å². The van der Waals surface area contributed by atoms with Crippen molar-refractivity contribution in [1.29, 1.82) is 0 Å². The van der Waals surface area contributed by atoms with E-state index in [-0.39, 0.29) is 18.8 Å². The van der Waals surface area contributed by atoms with Crippen LogP contribution in [0.2, 0.25) is 0 Å². The van der Waals surface area contributed by atoms with Gasteiger partial charge < -0.3 is 14.6 Å². The highest BCUT2D eigenvalue weighted by Crippen LogP contribution is 2.15. The third kappa shape index (κ3) is 4.37. The van der Waals surface area contributed by atoms with E-state index in [4.69, 9.17) is 9.25 Å². The van der Waals surface area contributed by atoms with Gasteiger partial charge in [-0.15, -0.1) is 0 Å². The Morgan fingerprint density at radius 3 is 2.68 bits per heavy atom. The topological polar surface area (TPSA) is 54.7 Å². The van der Waals surface area contributed by atoms with Gasteiger partial charge in [-0.1, -0.05) is 0 Å². The summed E-state index contributed by atoms with van der Waals surface area (Å²) in [5.74, 6) is -0.638. The second-order valence-corrected chi connectivity index (χ2v) is 4.67. The van der Waals surface area contributed by atoms with Crippen LogP contribution in [0.3, 0.4) is 0 Å². The first-order valence-electron chi connectivity index (χ1n) is 6.57. The van der Waals surface area contributed by atoms with Crippen LogP contribution in [-0.4, -0.2) is 24.6 Å². The molecule has 0 radical (unpaired) electrons. The summed E-state index contributed by atoms with van der Waals surface area (Å²) in [6, 6.07) is 6.51. The van der Waals surface area contributed by atoms with Crippen molar-refractivity contribution in [2.24, 2.45) is 0 Å². The maximum atomic E-state index is 13.5. The Hall–Kier alpha value is -2.25. The fourth-order valence-corrected chi connectivity index (χ4v) is 1.87. The number of nitrogens with one attached hydrogen (secondary N) is 1. The molecule has 0 unspecified atom stereocenters. The molecule has 1 aromatic heterocycles. The van der Waals surface area contributed by atoms with E-state index in [9.17, 15) is 13.6 Å². The van der Waals surface area contributed by atoms with E-state index in [0.717, 1.165) is 17.9 Å². The van der Waals surface area contributed by atoms with Gasteiger partial charge in [0.2, 0.25) is 5.91 Å². The van der Waals surface area contributed by atoms with Gasteiger partial charge in [0, 0.05) is 6.07 Å². The van der Waals surface area contributed by atoms with Crippen molar-refractivity contribution in [2.75, 3.05) is 19.0 Å². The van der Waals surface area contributed by atoms with Gasteiger partial charge in [-0.3, -0.25) is 4.79 Å². The zero-order valence-electron chi connectivity index (χ0n) is 12.2. The van der Waals surface area contributed by atoms with Gasteiger partial charge in [0.1, 0.15) is 29.7 Å². The Labute approximate surface area is 126 Å². The van der Waals surface area contributed by atoms with Gasteiger partial charge >= 0.3 is 0 Å². The van der Waals surface area contributed by atoms with Crippen molar-refractivity contribution in [2.45, 2.75) is 13.5 Å². The Kier molecular flexibility index (Phi) is 5.24. The molecule has 22 heavy (non-hydrogen) atoms. The van der Waals surface area contributed by atoms with E-state index in [1.807, 2.05) is 6.92 Å². The molecule has 0 saturated heterocycles. The molecule has 0 saturated carbocycles. The summed E-state index contributed by atoms with van der Waals surface area (Å²) >= 11 is 0. The smallest absolute Gasteiger partial charge is 0.241 e. The predicted octanol–water partition coefficient (Wildman–Crippen LogP) is 2.87. The Bertz CT molecular complexity index is 658. The first-order valence-corrected chi connectivity index (χ1v) is 6.57. The highest BCUT2D eigenvalue weighted by molar-refractivity contribution is 5.92. The average Bonchev–Trinajstić information content (AvgIpc) is 2.86. The first kappa shape index (κ1) is 16.1. The second kappa shape index (κ2) is 7.15. The predicted molar refractivity (Wildman–Crippen MR) is 75.9 cm³/mol. The minimum absolute atomic E-state index is 0.0868. The summed E-state index contributed by atoms with van der Waals surface area (Å²) in [6.07, 6.45) is 0. The van der Waals surface area contributed by atoms with Crippen molar-refractivity contribution >= 4 is 11.6 Å². The third-order valence-corrected chi connectivity index (χ3v) is 2.91. The van der Waals surface area contributed by atoms with Crippen LogP contribution in [0.25, 0.3) is 0 Å². The zero-order chi connectivity index (χ0) is 16.1. The van der Waals surface area contributed by atoms with E-state index in [1.165, 1.54) is 12.2 Å². The number of carbonyl (C=O) groups excluding carboxylic acids is 1. The van der Waals surface area contributed by atoms with Crippen molar-refractivity contribution in [3.05, 3.63) is 53.5 Å². The molecule has 1 amide bonds. The number of halogens is 2. The van der Waals surface area contributed by atoms with Gasteiger partial charge in [0.15, 0.2) is 0 Å². The van der Waals surface area contributed by atoms with E-state index in [1.54, 1.807) is 12.1 Å². The van der Waals surface area contributed by atoms with Crippen LogP contribution in [0.4, 0.5) is 14.5 Å². The van der Waals surface area contributed by atoms with Crippen LogP contribution in [0, 0.1) is 18.6 Å². The quantitative estimate of drug-likeness (QED) is 0.834. The summed E-state index contributed by atoms with van der Waals surface area (Å²) in [4.78, 5) is 17.0. The highest BCUT2D eigenvalue weighted by Gasteiger charge is 2.14. The number of amides is 1. The lowest BCUT2D eigenvalue weighted by Crippen LogP contribution is -2.32. The zero-order valence-corrected chi connectivity index (χ0v) is 12.2. The molecule has 5 nitrogen and oxygen atoms in total. The molecule has 2 rings (SSSR count). The molecule has 7 heteroatoms. The standard InChI is InChI=1S/C15H16F2N2O3/c1-10-3-5-12(22-10)8-19(21-2)9-15(20)18-14-6-4-11(16)7-13(14)17/h3-7H,8-9H2,1-2H3,(H,18,20). The molecule has 0 atom stereocenters. The van der Waals surface area contributed by atoms with Crippen LogP contribution in [0.1, 0.15) is 11.5 Å². The maximum Gasteiger partial charge on any atom is 0.241 e. The molecular weight excluding hydrogens is 294 g/mol. The van der Waals surface area contributed by atoms with Gasteiger partial charge in [0.05, 0.1) is 19.3 Å². The minimum atomic E-state index is -0.834. The number of nitrogens with zero attached hydrogens (tertiary/aromatic N) is 1. The number of hydrogen-bond donors (Lipinski definition) is 1. The largest absolute Gasteiger partial charge is 0.465 e. The van der Waals surface area contributed by atoms with E-state index in [2.05, 4.69) is 5.32 Å². The van der Waals surface area contributed by atoms with Crippen LogP contribution in [0.5, 0.6) is 0 Å². The highest BCUT2D eigenvalue weighted by atomic mass is 19.1. The van der Waals surface area contributed by atoms with Crippen molar-refractivity contribution in [1.82, 2.24) is 5.06 Å². The summed E-state index contributed by atoms with van der Waals surface area (Å²) in [7, 11) is 1.42. The van der Waals surface area contributed by atoms with Gasteiger partial charge in [-0.2, -0.15) is 5.06 Å². The van der Waals surface area contributed by atoms with Crippen molar-refractivity contribution in [3.63, 3.8) is 0 Å². The number of hydroxylamine groups is 2. The molecule has 118 valence electrons. The number of benzene rings is 1. The Morgan fingerprint density at radius 2 is 2.09 bits per heavy atom. The lowest BCUT2D eigenvalue weighted by Gasteiger charge is -2.18. The van der Waals surface area contributed by atoms with Crippen molar-refractivity contribution < 1.29 is 22.8 Å². The monoisotopic (exact) mass is 310 g/mol. The molecule has 0 bridgehead atoms. The molecular formula is C15H16F2N2O3. The first-order chi connectivity index (χ1) is 10.5. The fraction of sp³-hybridized carbons (Fsp3) is 0.267. The Morgan fingerprint density at radius 1 is 1.32 bits per heavy atom. The molecule has 0 aliphatic carbocycles. The average molecular weight is 310 g/mol. The van der Waals surface area contributed by atoms with Gasteiger partial charge in [-0.25, -0.2) is 8.78 Å². The molecule has 1 heterocycles. The van der Waals surface area contributed by atoms with Crippen molar-refractivity contribution in [3.8, 4) is 0 Å². The van der Waals surface area contributed by atoms with Crippen LogP contribution in [0.15, 0.2) is 34.7 Å². The second-order valence-electron chi connectivity index (χ2n) is 4.67. The summed E-state index contributed by atoms with van der Waals surface area (Å²) in [5.41, 5.74) is -0.0868. The number of aryl methyl sites for hydroxylation is 1. The summed E-state index contributed by atoms with van der Waals surface area (Å²) in [5, 5.41) is 3.72. The van der Waals surface area contributed by atoms with Gasteiger partial charge in [-0.05, 0) is 31.2 Å². The number of anilines is 1. The molecule has 2 aromatic rings. The maximum absolute atomic E-state index is 13.5. The molecule has 1 aromatic carbocycles. The normalized spacial score (nSPS) is 11.0. The molecule has 0 fully saturated rings. The SMILES string of the molecule is CON(CC(=O)Nc1ccc(F)cc1F)Cc1ccc(C)o1. The summed E-state index contributed by atoms with van der Waals surface area (Å²) < 4.78 is 31.7. The molecule has 1 N–H and O–H groups in total. The number of rotatable bonds is 6. The molecule has 0 aliphatic rings. The van der Waals surface area contributed by atoms with E-state index in [0.29, 0.717) is 11.8 Å². The lowest BCUT2D eigenvalue weighted by atomic mass is 10.3. The van der Waals surface area contributed by atoms with E-state index < -0.39 is 17.5 Å². The fourth-order valence-electron chi connectivity index (χ4n) is 1.87.